The molecule has 1 aromatic heterocycles. The van der Waals surface area contributed by atoms with Crippen LogP contribution in [0.1, 0.15) is 21.7 Å². The highest BCUT2D eigenvalue weighted by atomic mass is 35.5. The minimum absolute atomic E-state index is 0.316. The Hall–Kier alpha value is -1.40. The zero-order valence-electron chi connectivity index (χ0n) is 10.5. The molecule has 7 heteroatoms. The van der Waals surface area contributed by atoms with Crippen LogP contribution < -0.4 is 5.32 Å². The number of carbonyl (C=O) groups is 2. The molecule has 1 aromatic carbocycles. The number of halogens is 2. The molecule has 3 rings (SSSR count). The molecule has 1 aliphatic heterocycles. The van der Waals surface area contributed by atoms with Crippen LogP contribution in [0.2, 0.25) is 9.36 Å². The number of amides is 1. The molecule has 1 atom stereocenters. The number of ketones is 1. The number of aliphatic hydroxyl groups is 1. The summed E-state index contributed by atoms with van der Waals surface area (Å²) in [6.07, 6.45) is -0.358. The first-order valence-electron chi connectivity index (χ1n) is 6.02. The summed E-state index contributed by atoms with van der Waals surface area (Å²) in [5, 5.41) is 13.6. The van der Waals surface area contributed by atoms with E-state index >= 15 is 0 Å². The highest BCUT2D eigenvalue weighted by Gasteiger charge is 2.47. The van der Waals surface area contributed by atoms with Crippen LogP contribution in [0.4, 0.5) is 5.69 Å². The maximum Gasteiger partial charge on any atom is 0.261 e. The topological polar surface area (TPSA) is 66.4 Å². The Bertz CT molecular complexity index is 758. The van der Waals surface area contributed by atoms with Gasteiger partial charge in [0, 0.05) is 16.3 Å². The molecule has 0 saturated heterocycles. The molecule has 0 saturated carbocycles. The third-order valence-electron chi connectivity index (χ3n) is 3.32. The summed E-state index contributed by atoms with van der Waals surface area (Å²) < 4.78 is 0.477. The van der Waals surface area contributed by atoms with Crippen molar-refractivity contribution in [1.29, 1.82) is 0 Å². The molecular formula is C14H9Cl2NO3S. The van der Waals surface area contributed by atoms with Gasteiger partial charge in [-0.05, 0) is 30.3 Å². The van der Waals surface area contributed by atoms with Crippen LogP contribution in [0, 0.1) is 0 Å². The lowest BCUT2D eigenvalue weighted by Crippen LogP contribution is -2.36. The largest absolute Gasteiger partial charge is 0.375 e. The van der Waals surface area contributed by atoms with Gasteiger partial charge >= 0.3 is 0 Å². The number of anilines is 1. The van der Waals surface area contributed by atoms with Crippen molar-refractivity contribution in [1.82, 2.24) is 0 Å². The van der Waals surface area contributed by atoms with E-state index in [-0.39, 0.29) is 12.2 Å². The molecule has 1 unspecified atom stereocenters. The molecule has 1 aliphatic rings. The predicted molar refractivity (Wildman–Crippen MR) is 82.3 cm³/mol. The Morgan fingerprint density at radius 3 is 2.71 bits per heavy atom. The first kappa shape index (κ1) is 14.5. The second-order valence-electron chi connectivity index (χ2n) is 4.71. The Labute approximate surface area is 134 Å². The molecule has 2 N–H and O–H groups in total. The number of hydrogen-bond donors (Lipinski definition) is 2. The van der Waals surface area contributed by atoms with E-state index in [1.165, 1.54) is 6.07 Å². The quantitative estimate of drug-likeness (QED) is 0.840. The highest BCUT2D eigenvalue weighted by Crippen LogP contribution is 2.40. The van der Waals surface area contributed by atoms with Gasteiger partial charge in [-0.1, -0.05) is 23.2 Å². The Morgan fingerprint density at radius 1 is 1.29 bits per heavy atom. The van der Waals surface area contributed by atoms with Crippen LogP contribution in [0.3, 0.4) is 0 Å². The van der Waals surface area contributed by atoms with Crippen LogP contribution in [-0.2, 0) is 10.4 Å². The molecule has 0 spiro atoms. The van der Waals surface area contributed by atoms with Crippen molar-refractivity contribution in [3.63, 3.8) is 0 Å². The standard InChI is InChI=1S/C14H9Cl2NO3S/c15-7-1-2-9-8(5-7)14(20,13(19)17-9)6-10(18)11-3-4-12(16)21-11/h1-5,20H,6H2,(H,17,19). The molecule has 108 valence electrons. The van der Waals surface area contributed by atoms with E-state index in [1.807, 2.05) is 0 Å². The second kappa shape index (κ2) is 5.10. The second-order valence-corrected chi connectivity index (χ2v) is 6.86. The van der Waals surface area contributed by atoms with E-state index in [0.29, 0.717) is 25.5 Å². The van der Waals surface area contributed by atoms with Gasteiger partial charge in [0.2, 0.25) is 0 Å². The number of fused-ring (bicyclic) bond motifs is 1. The van der Waals surface area contributed by atoms with E-state index in [0.717, 1.165) is 11.3 Å². The van der Waals surface area contributed by atoms with Gasteiger partial charge in [-0.15, -0.1) is 11.3 Å². The molecule has 21 heavy (non-hydrogen) atoms. The maximum absolute atomic E-state index is 12.2. The van der Waals surface area contributed by atoms with Gasteiger partial charge in [-0.2, -0.15) is 0 Å². The summed E-state index contributed by atoms with van der Waals surface area (Å²) in [6, 6.07) is 7.87. The lowest BCUT2D eigenvalue weighted by atomic mass is 9.89. The summed E-state index contributed by atoms with van der Waals surface area (Å²) in [5.74, 6) is -0.979. The first-order chi connectivity index (χ1) is 9.90. The van der Waals surface area contributed by atoms with Gasteiger partial charge in [0.05, 0.1) is 15.6 Å². The summed E-state index contributed by atoms with van der Waals surface area (Å²) in [5.41, 5.74) is -1.13. The molecule has 2 aromatic rings. The fourth-order valence-electron chi connectivity index (χ4n) is 2.27. The van der Waals surface area contributed by atoms with Crippen molar-refractivity contribution in [3.05, 3.63) is 50.1 Å². The Morgan fingerprint density at radius 2 is 2.05 bits per heavy atom. The van der Waals surface area contributed by atoms with Crippen molar-refractivity contribution in [3.8, 4) is 0 Å². The van der Waals surface area contributed by atoms with Crippen LogP contribution in [0.15, 0.2) is 30.3 Å². The molecule has 0 bridgehead atoms. The summed E-state index contributed by atoms with van der Waals surface area (Å²) in [4.78, 5) is 24.7. The van der Waals surface area contributed by atoms with Crippen LogP contribution in [0.5, 0.6) is 0 Å². The lowest BCUT2D eigenvalue weighted by molar-refractivity contribution is -0.133. The van der Waals surface area contributed by atoms with Gasteiger partial charge in [-0.25, -0.2) is 0 Å². The van der Waals surface area contributed by atoms with Gasteiger partial charge in [-0.3, -0.25) is 9.59 Å². The lowest BCUT2D eigenvalue weighted by Gasteiger charge is -2.19. The summed E-state index contributed by atoms with van der Waals surface area (Å²) in [6.45, 7) is 0. The van der Waals surface area contributed by atoms with Crippen molar-refractivity contribution in [2.75, 3.05) is 5.32 Å². The van der Waals surface area contributed by atoms with Crippen molar-refractivity contribution in [2.45, 2.75) is 12.0 Å². The number of thiophene rings is 1. The molecule has 1 amide bonds. The van der Waals surface area contributed by atoms with Gasteiger partial charge < -0.3 is 10.4 Å². The molecule has 2 heterocycles. The number of carbonyl (C=O) groups excluding carboxylic acids is 2. The number of rotatable bonds is 3. The molecule has 0 radical (unpaired) electrons. The average Bonchev–Trinajstić information content (AvgIpc) is 2.95. The van der Waals surface area contributed by atoms with Crippen LogP contribution >= 0.6 is 34.5 Å². The molecule has 0 aliphatic carbocycles. The molecular weight excluding hydrogens is 333 g/mol. The normalized spacial score (nSPS) is 20.2. The Kier molecular flexibility index (Phi) is 3.53. The minimum atomic E-state index is -1.91. The van der Waals surface area contributed by atoms with E-state index in [4.69, 9.17) is 23.2 Å². The van der Waals surface area contributed by atoms with Gasteiger partial charge in [0.15, 0.2) is 11.4 Å². The Balaban J connectivity index is 1.96. The van der Waals surface area contributed by atoms with E-state index < -0.39 is 11.5 Å². The average molecular weight is 342 g/mol. The van der Waals surface area contributed by atoms with Crippen LogP contribution in [-0.4, -0.2) is 16.8 Å². The highest BCUT2D eigenvalue weighted by molar-refractivity contribution is 7.18. The third kappa shape index (κ3) is 2.46. The summed E-state index contributed by atoms with van der Waals surface area (Å²) in [7, 11) is 0. The first-order valence-corrected chi connectivity index (χ1v) is 7.60. The summed E-state index contributed by atoms with van der Waals surface area (Å²) >= 11 is 12.8. The monoisotopic (exact) mass is 341 g/mol. The number of Topliss-reactive ketones (excluding diaryl/α,β-unsaturated/α-hetero) is 1. The van der Waals surface area contributed by atoms with E-state index in [1.54, 1.807) is 24.3 Å². The fraction of sp³-hybridized carbons (Fsp3) is 0.143. The predicted octanol–water partition coefficient (Wildman–Crippen LogP) is 3.47. The number of hydrogen-bond acceptors (Lipinski definition) is 4. The smallest absolute Gasteiger partial charge is 0.261 e. The van der Waals surface area contributed by atoms with E-state index in [9.17, 15) is 14.7 Å². The molecule has 4 nitrogen and oxygen atoms in total. The van der Waals surface area contributed by atoms with Gasteiger partial charge in [0.1, 0.15) is 0 Å². The third-order valence-corrected chi connectivity index (χ3v) is 4.82. The SMILES string of the molecule is O=C(CC1(O)C(=O)Nc2ccc(Cl)cc21)c1ccc(Cl)s1. The minimum Gasteiger partial charge on any atom is -0.375 e. The van der Waals surface area contributed by atoms with Crippen LogP contribution in [0.25, 0.3) is 0 Å². The van der Waals surface area contributed by atoms with Crippen molar-refractivity contribution in [2.24, 2.45) is 0 Å². The molecule has 0 fully saturated rings. The number of nitrogens with one attached hydrogen (secondary N) is 1. The van der Waals surface area contributed by atoms with Gasteiger partial charge in [0.25, 0.3) is 5.91 Å². The zero-order valence-corrected chi connectivity index (χ0v) is 12.9. The van der Waals surface area contributed by atoms with Crippen molar-refractivity contribution >= 4 is 51.9 Å². The van der Waals surface area contributed by atoms with Crippen molar-refractivity contribution < 1.29 is 14.7 Å². The zero-order chi connectivity index (χ0) is 15.2. The number of benzene rings is 1. The fourth-order valence-corrected chi connectivity index (χ4v) is 3.43. The maximum atomic E-state index is 12.2. The van der Waals surface area contributed by atoms with E-state index in [2.05, 4.69) is 5.32 Å².